The molecule has 1 saturated heterocycles. The monoisotopic (exact) mass is 586 g/mol. The zero-order valence-corrected chi connectivity index (χ0v) is 24.8. The molecule has 0 bridgehead atoms. The lowest BCUT2D eigenvalue weighted by molar-refractivity contribution is -0.258. The number of fused-ring (bicyclic) bond motifs is 2. The van der Waals surface area contributed by atoms with Crippen molar-refractivity contribution in [3.8, 4) is 11.1 Å². The molecule has 0 radical (unpaired) electrons. The molecule has 0 saturated carbocycles. The summed E-state index contributed by atoms with van der Waals surface area (Å²) >= 11 is 0. The van der Waals surface area contributed by atoms with Gasteiger partial charge in [-0.05, 0) is 93.8 Å². The normalized spacial score (nSPS) is 19.1. The number of hydrogen-bond acceptors (Lipinski definition) is 5. The summed E-state index contributed by atoms with van der Waals surface area (Å²) in [5, 5.41) is 0.991. The summed E-state index contributed by atoms with van der Waals surface area (Å²) in [5.41, 5.74) is 2.46. The van der Waals surface area contributed by atoms with Crippen molar-refractivity contribution >= 4 is 23.0 Å². The molecule has 2 aliphatic heterocycles. The molecule has 0 spiro atoms. The molecule has 4 heterocycles. The molecule has 42 heavy (non-hydrogen) atoms. The quantitative estimate of drug-likeness (QED) is 0.379. The lowest BCUT2D eigenvalue weighted by Crippen LogP contribution is -2.58. The van der Waals surface area contributed by atoms with E-state index in [1.165, 1.54) is 4.90 Å². The molecule has 2 aromatic heterocycles. The second-order valence-electron chi connectivity index (χ2n) is 12.3. The highest BCUT2D eigenvalue weighted by Gasteiger charge is 2.59. The van der Waals surface area contributed by atoms with Crippen molar-refractivity contribution in [1.29, 1.82) is 0 Å². The molecule has 1 unspecified atom stereocenters. The highest BCUT2D eigenvalue weighted by molar-refractivity contribution is 5.87. The maximum absolute atomic E-state index is 13.9. The number of nitrogens with zero attached hydrogens (tertiary/aromatic N) is 3. The van der Waals surface area contributed by atoms with Gasteiger partial charge in [0.2, 0.25) is 5.60 Å². The summed E-state index contributed by atoms with van der Waals surface area (Å²) in [6, 6.07) is 5.72. The van der Waals surface area contributed by atoms with Crippen LogP contribution in [0.3, 0.4) is 0 Å². The molecule has 11 heteroatoms. The van der Waals surface area contributed by atoms with Crippen molar-refractivity contribution in [1.82, 2.24) is 19.8 Å². The number of pyridine rings is 1. The zero-order chi connectivity index (χ0) is 30.6. The number of H-pyrrole nitrogens is 1. The summed E-state index contributed by atoms with van der Waals surface area (Å²) in [6.45, 7) is 8.77. The molecule has 2 aliphatic rings. The van der Waals surface area contributed by atoms with E-state index in [-0.39, 0.29) is 19.1 Å². The van der Waals surface area contributed by atoms with Crippen molar-refractivity contribution in [2.45, 2.75) is 83.8 Å². The summed E-state index contributed by atoms with van der Waals surface area (Å²) < 4.78 is 52.2. The first kappa shape index (κ1) is 29.9. The second-order valence-corrected chi connectivity index (χ2v) is 12.3. The van der Waals surface area contributed by atoms with E-state index in [4.69, 9.17) is 9.47 Å². The van der Waals surface area contributed by atoms with Gasteiger partial charge in [0.25, 0.3) is 5.91 Å². The number of ether oxygens (including phenoxy) is 2. The Hall–Kier alpha value is -3.60. The molecule has 8 nitrogen and oxygen atoms in total. The maximum atomic E-state index is 13.9. The number of halogens is 3. The van der Waals surface area contributed by atoms with E-state index in [9.17, 15) is 22.8 Å². The van der Waals surface area contributed by atoms with Crippen LogP contribution in [0.4, 0.5) is 18.0 Å². The second kappa shape index (κ2) is 10.6. The molecular weight excluding hydrogens is 549 g/mol. The van der Waals surface area contributed by atoms with Crippen LogP contribution < -0.4 is 0 Å². The molecular formula is C31H37F3N4O4. The molecule has 226 valence electrons. The number of alkyl halides is 3. The van der Waals surface area contributed by atoms with Crippen molar-refractivity contribution in [3.63, 3.8) is 0 Å². The van der Waals surface area contributed by atoms with Gasteiger partial charge in [-0.3, -0.25) is 4.79 Å². The number of nitrogens with one attached hydrogen (secondary N) is 1. The van der Waals surface area contributed by atoms with Crippen LogP contribution in [0.5, 0.6) is 0 Å². The number of aromatic amines is 1. The number of hydrogen-bond donors (Lipinski definition) is 1. The number of rotatable bonds is 4. The third-order valence-corrected chi connectivity index (χ3v) is 8.33. The van der Waals surface area contributed by atoms with E-state index in [2.05, 4.69) is 16.0 Å². The molecule has 5 rings (SSSR count). The Bertz CT molecular complexity index is 1530. The number of carbonyl (C=O) groups is 2. The predicted molar refractivity (Wildman–Crippen MR) is 152 cm³/mol. The van der Waals surface area contributed by atoms with Gasteiger partial charge in [0.05, 0.1) is 6.04 Å². The number of aromatic nitrogens is 2. The summed E-state index contributed by atoms with van der Waals surface area (Å²) in [5.74, 6) is -1.13. The Kier molecular flexibility index (Phi) is 7.53. The first-order chi connectivity index (χ1) is 19.6. The van der Waals surface area contributed by atoms with Gasteiger partial charge in [0, 0.05) is 50.1 Å². The van der Waals surface area contributed by atoms with Gasteiger partial charge < -0.3 is 24.3 Å². The SMILES string of the molecule is COC(C)(C(=O)N1CCc2cc(-c3cnc4[nH]cc(C)c4c3)cc([C@@H]3CCCN3C(=O)OC(C)(C)C)c2C1)C(F)(F)F. The van der Waals surface area contributed by atoms with Gasteiger partial charge >= 0.3 is 12.3 Å². The molecule has 0 aliphatic carbocycles. The van der Waals surface area contributed by atoms with Crippen LogP contribution in [0, 0.1) is 6.92 Å². The Balaban J connectivity index is 1.60. The number of methoxy groups -OCH3 is 1. The number of carbonyl (C=O) groups excluding carboxylic acids is 2. The Morgan fingerprint density at radius 1 is 1.07 bits per heavy atom. The first-order valence-corrected chi connectivity index (χ1v) is 14.1. The fourth-order valence-electron chi connectivity index (χ4n) is 5.88. The predicted octanol–water partition coefficient (Wildman–Crippen LogP) is 6.46. The van der Waals surface area contributed by atoms with Gasteiger partial charge in [0.1, 0.15) is 11.2 Å². The largest absolute Gasteiger partial charge is 0.444 e. The van der Waals surface area contributed by atoms with Crippen LogP contribution in [0.2, 0.25) is 0 Å². The van der Waals surface area contributed by atoms with Gasteiger partial charge in [0.15, 0.2) is 0 Å². The highest BCUT2D eigenvalue weighted by Crippen LogP contribution is 2.42. The Morgan fingerprint density at radius 2 is 1.81 bits per heavy atom. The van der Waals surface area contributed by atoms with Crippen LogP contribution in [0.1, 0.15) is 68.8 Å². The lowest BCUT2D eigenvalue weighted by Gasteiger charge is -2.39. The number of benzene rings is 1. The standard InChI is InChI=1S/C31H37F3N4O4/c1-18-15-35-26-22(18)14-21(16-36-26)20-12-19-9-11-37(27(39)30(5,41-6)31(32,33)34)17-24(19)23(13-20)25-8-7-10-38(25)28(40)42-29(2,3)4/h12-16,25H,7-11,17H2,1-6H3,(H,35,36)/t25-,30?/m0/s1. The minimum Gasteiger partial charge on any atom is -0.444 e. The van der Waals surface area contributed by atoms with E-state index in [0.29, 0.717) is 19.4 Å². The average molecular weight is 587 g/mol. The third-order valence-electron chi connectivity index (χ3n) is 8.33. The Labute approximate surface area is 243 Å². The summed E-state index contributed by atoms with van der Waals surface area (Å²) in [6.07, 6.45) is 0.132. The van der Waals surface area contributed by atoms with E-state index in [1.807, 2.05) is 46.0 Å². The first-order valence-electron chi connectivity index (χ1n) is 14.1. The Morgan fingerprint density at radius 3 is 2.48 bits per heavy atom. The number of aryl methyl sites for hydroxylation is 1. The fourth-order valence-corrected chi connectivity index (χ4v) is 5.88. The molecule has 3 aromatic rings. The van der Waals surface area contributed by atoms with Gasteiger partial charge in [-0.1, -0.05) is 6.07 Å². The molecule has 2 amide bonds. The van der Waals surface area contributed by atoms with E-state index in [0.717, 1.165) is 64.9 Å². The minimum absolute atomic E-state index is 0.0222. The van der Waals surface area contributed by atoms with Crippen molar-refractivity contribution in [2.75, 3.05) is 20.2 Å². The number of likely N-dealkylation sites (tertiary alicyclic amines) is 1. The van der Waals surface area contributed by atoms with Crippen molar-refractivity contribution < 1.29 is 32.2 Å². The zero-order valence-electron chi connectivity index (χ0n) is 24.8. The van der Waals surface area contributed by atoms with Gasteiger partial charge in [-0.2, -0.15) is 13.2 Å². The van der Waals surface area contributed by atoms with E-state index >= 15 is 0 Å². The van der Waals surface area contributed by atoms with Crippen LogP contribution in [-0.4, -0.2) is 69.3 Å². The van der Waals surface area contributed by atoms with Gasteiger partial charge in [-0.25, -0.2) is 9.78 Å². The van der Waals surface area contributed by atoms with Gasteiger partial charge in [-0.15, -0.1) is 0 Å². The number of amides is 2. The fraction of sp³-hybridized carbons (Fsp3) is 0.516. The summed E-state index contributed by atoms with van der Waals surface area (Å²) in [7, 11) is 0.898. The van der Waals surface area contributed by atoms with Crippen LogP contribution in [0.25, 0.3) is 22.2 Å². The van der Waals surface area contributed by atoms with E-state index in [1.54, 1.807) is 11.1 Å². The summed E-state index contributed by atoms with van der Waals surface area (Å²) in [4.78, 5) is 37.2. The van der Waals surface area contributed by atoms with Crippen LogP contribution >= 0.6 is 0 Å². The highest BCUT2D eigenvalue weighted by atomic mass is 19.4. The molecule has 1 N–H and O–H groups in total. The van der Waals surface area contributed by atoms with Crippen molar-refractivity contribution in [2.24, 2.45) is 0 Å². The third kappa shape index (κ3) is 5.34. The van der Waals surface area contributed by atoms with Crippen LogP contribution in [0.15, 0.2) is 30.6 Å². The van der Waals surface area contributed by atoms with Crippen molar-refractivity contribution in [3.05, 3.63) is 52.8 Å². The molecule has 1 aromatic carbocycles. The minimum atomic E-state index is -4.88. The lowest BCUT2D eigenvalue weighted by atomic mass is 9.86. The molecule has 2 atom stereocenters. The topological polar surface area (TPSA) is 87.8 Å². The van der Waals surface area contributed by atoms with Crippen LogP contribution in [-0.2, 0) is 27.2 Å². The smallest absolute Gasteiger partial charge is 0.426 e. The molecule has 1 fully saturated rings. The average Bonchev–Trinajstić information content (AvgIpc) is 3.56. The maximum Gasteiger partial charge on any atom is 0.426 e. The van der Waals surface area contributed by atoms with E-state index < -0.39 is 29.4 Å².